The summed E-state index contributed by atoms with van der Waals surface area (Å²) in [5.41, 5.74) is 4.53. The smallest absolute Gasteiger partial charge is 0.134 e. The van der Waals surface area contributed by atoms with Gasteiger partial charge in [0, 0.05) is 50.4 Å². The standard InChI is InChI=1S/C27H33ClN4O/c1-19(2)25-17-29-13-14-32(25)18-21-6-3-7-22(15-21)24-11-12-30-27(31-24)8-4-5-20-9-10-26(33)23(28)16-20/h3,6-7,9-12,15-16,19,25,29,33H,4-5,8,13-14,17-18H2,1-2H3. The number of aromatic nitrogens is 2. The number of benzene rings is 2. The van der Waals surface area contributed by atoms with E-state index >= 15 is 0 Å². The van der Waals surface area contributed by atoms with E-state index in [0.717, 1.165) is 68.1 Å². The highest BCUT2D eigenvalue weighted by Crippen LogP contribution is 2.25. The molecule has 0 radical (unpaired) electrons. The number of rotatable bonds is 8. The van der Waals surface area contributed by atoms with Gasteiger partial charge >= 0.3 is 0 Å². The molecule has 0 aliphatic carbocycles. The number of aromatic hydroxyl groups is 1. The number of halogens is 1. The highest BCUT2D eigenvalue weighted by atomic mass is 35.5. The second-order valence-corrected chi connectivity index (χ2v) is 9.59. The van der Waals surface area contributed by atoms with Gasteiger partial charge < -0.3 is 10.4 Å². The van der Waals surface area contributed by atoms with Gasteiger partial charge in [0.2, 0.25) is 0 Å². The van der Waals surface area contributed by atoms with Crippen LogP contribution in [0.2, 0.25) is 5.02 Å². The molecule has 2 aromatic carbocycles. The monoisotopic (exact) mass is 464 g/mol. The summed E-state index contributed by atoms with van der Waals surface area (Å²) in [7, 11) is 0. The SMILES string of the molecule is CC(C)C1CNCCN1Cc1cccc(-c2ccnc(CCCc3ccc(O)c(Cl)c3)n2)c1. The van der Waals surface area contributed by atoms with Gasteiger partial charge in [0.05, 0.1) is 10.7 Å². The molecule has 1 saturated heterocycles. The van der Waals surface area contributed by atoms with Crippen LogP contribution in [0.3, 0.4) is 0 Å². The van der Waals surface area contributed by atoms with Gasteiger partial charge in [0.15, 0.2) is 0 Å². The molecule has 2 N–H and O–H groups in total. The van der Waals surface area contributed by atoms with Crippen LogP contribution in [0.25, 0.3) is 11.3 Å². The summed E-state index contributed by atoms with van der Waals surface area (Å²) in [5.74, 6) is 1.60. The summed E-state index contributed by atoms with van der Waals surface area (Å²) >= 11 is 6.02. The van der Waals surface area contributed by atoms with Crippen molar-refractivity contribution >= 4 is 11.6 Å². The van der Waals surface area contributed by atoms with Crippen molar-refractivity contribution in [2.24, 2.45) is 5.92 Å². The predicted molar refractivity (Wildman–Crippen MR) is 135 cm³/mol. The van der Waals surface area contributed by atoms with Crippen LogP contribution in [-0.4, -0.2) is 45.7 Å². The number of hydrogen-bond donors (Lipinski definition) is 2. The lowest BCUT2D eigenvalue weighted by Crippen LogP contribution is -2.52. The lowest BCUT2D eigenvalue weighted by atomic mass is 9.99. The molecule has 0 bridgehead atoms. The minimum absolute atomic E-state index is 0.121. The zero-order chi connectivity index (χ0) is 23.2. The molecular weight excluding hydrogens is 432 g/mol. The highest BCUT2D eigenvalue weighted by molar-refractivity contribution is 6.32. The number of hydrogen-bond acceptors (Lipinski definition) is 5. The summed E-state index contributed by atoms with van der Waals surface area (Å²) in [6, 6.07) is 16.7. The topological polar surface area (TPSA) is 61.3 Å². The van der Waals surface area contributed by atoms with Crippen molar-refractivity contribution in [2.75, 3.05) is 19.6 Å². The van der Waals surface area contributed by atoms with Gasteiger partial charge in [-0.05, 0) is 54.2 Å². The van der Waals surface area contributed by atoms with E-state index in [1.807, 2.05) is 24.4 Å². The first-order valence-electron chi connectivity index (χ1n) is 11.8. The average molecular weight is 465 g/mol. The highest BCUT2D eigenvalue weighted by Gasteiger charge is 2.24. The van der Waals surface area contributed by atoms with Gasteiger partial charge in [-0.1, -0.05) is 49.7 Å². The van der Waals surface area contributed by atoms with Crippen molar-refractivity contribution in [3.8, 4) is 17.0 Å². The number of phenolic OH excluding ortho intramolecular Hbond substituents is 1. The molecule has 0 amide bonds. The summed E-state index contributed by atoms with van der Waals surface area (Å²) in [5, 5.41) is 13.5. The minimum Gasteiger partial charge on any atom is -0.506 e. The van der Waals surface area contributed by atoms with Crippen molar-refractivity contribution < 1.29 is 5.11 Å². The summed E-state index contributed by atoms with van der Waals surface area (Å²) in [6.07, 6.45) is 4.44. The van der Waals surface area contributed by atoms with Crippen molar-refractivity contribution in [1.82, 2.24) is 20.2 Å². The van der Waals surface area contributed by atoms with Gasteiger partial charge in [-0.2, -0.15) is 0 Å². The first-order valence-corrected chi connectivity index (χ1v) is 12.2. The lowest BCUT2D eigenvalue weighted by molar-refractivity contribution is 0.117. The Labute approximate surface area is 201 Å². The fraction of sp³-hybridized carbons (Fsp3) is 0.407. The molecule has 1 atom stereocenters. The van der Waals surface area contributed by atoms with Crippen LogP contribution in [0, 0.1) is 5.92 Å². The Bertz CT molecular complexity index is 1070. The number of aryl methyl sites for hydroxylation is 2. The van der Waals surface area contributed by atoms with E-state index in [1.54, 1.807) is 6.07 Å². The summed E-state index contributed by atoms with van der Waals surface area (Å²) in [4.78, 5) is 11.9. The number of nitrogens with zero attached hydrogens (tertiary/aromatic N) is 3. The van der Waals surface area contributed by atoms with Crippen molar-refractivity contribution in [3.05, 3.63) is 76.7 Å². The molecule has 0 spiro atoms. The molecule has 4 rings (SSSR count). The Hall–Kier alpha value is -2.47. The Kier molecular flexibility index (Phi) is 7.97. The normalized spacial score (nSPS) is 16.9. The maximum absolute atomic E-state index is 9.58. The quantitative estimate of drug-likeness (QED) is 0.485. The van der Waals surface area contributed by atoms with Gasteiger partial charge in [-0.25, -0.2) is 9.97 Å². The van der Waals surface area contributed by atoms with Crippen LogP contribution in [0.4, 0.5) is 0 Å². The van der Waals surface area contributed by atoms with Crippen LogP contribution in [-0.2, 0) is 19.4 Å². The van der Waals surface area contributed by atoms with E-state index in [4.69, 9.17) is 16.6 Å². The average Bonchev–Trinajstić information content (AvgIpc) is 2.82. The van der Waals surface area contributed by atoms with E-state index in [-0.39, 0.29) is 5.75 Å². The molecule has 1 aromatic heterocycles. The van der Waals surface area contributed by atoms with E-state index < -0.39 is 0 Å². The fourth-order valence-corrected chi connectivity index (χ4v) is 4.72. The Morgan fingerprint density at radius 1 is 1.12 bits per heavy atom. The molecule has 6 heteroatoms. The van der Waals surface area contributed by atoms with Crippen LogP contribution < -0.4 is 5.32 Å². The number of phenols is 1. The van der Waals surface area contributed by atoms with Crippen LogP contribution in [0.1, 0.15) is 37.2 Å². The largest absolute Gasteiger partial charge is 0.506 e. The van der Waals surface area contributed by atoms with E-state index in [2.05, 4.69) is 53.3 Å². The van der Waals surface area contributed by atoms with Crippen LogP contribution >= 0.6 is 11.6 Å². The van der Waals surface area contributed by atoms with Gasteiger partial charge in [0.25, 0.3) is 0 Å². The van der Waals surface area contributed by atoms with E-state index in [0.29, 0.717) is 17.0 Å². The second-order valence-electron chi connectivity index (χ2n) is 9.18. The number of piperazine rings is 1. The maximum atomic E-state index is 9.58. The van der Waals surface area contributed by atoms with Crippen LogP contribution in [0.5, 0.6) is 5.75 Å². The van der Waals surface area contributed by atoms with Crippen molar-refractivity contribution in [1.29, 1.82) is 0 Å². The van der Waals surface area contributed by atoms with Gasteiger partial charge in [0.1, 0.15) is 11.6 Å². The molecule has 33 heavy (non-hydrogen) atoms. The van der Waals surface area contributed by atoms with Gasteiger partial charge in [-0.3, -0.25) is 4.90 Å². The Morgan fingerprint density at radius 3 is 2.82 bits per heavy atom. The molecule has 1 unspecified atom stereocenters. The third-order valence-corrected chi connectivity index (χ3v) is 6.66. The Morgan fingerprint density at radius 2 is 2.00 bits per heavy atom. The maximum Gasteiger partial charge on any atom is 0.134 e. The predicted octanol–water partition coefficient (Wildman–Crippen LogP) is 5.11. The van der Waals surface area contributed by atoms with Gasteiger partial charge in [-0.15, -0.1) is 0 Å². The molecule has 1 fully saturated rings. The van der Waals surface area contributed by atoms with E-state index in [1.165, 1.54) is 5.56 Å². The molecule has 3 aromatic rings. The molecule has 1 aliphatic rings. The zero-order valence-electron chi connectivity index (χ0n) is 19.5. The molecule has 0 saturated carbocycles. The molecule has 174 valence electrons. The summed E-state index contributed by atoms with van der Waals surface area (Å²) < 4.78 is 0. The Balaban J connectivity index is 1.41. The first-order chi connectivity index (χ1) is 16.0. The molecule has 2 heterocycles. The lowest BCUT2D eigenvalue weighted by Gasteiger charge is -2.38. The van der Waals surface area contributed by atoms with Crippen molar-refractivity contribution in [2.45, 2.75) is 45.7 Å². The summed E-state index contributed by atoms with van der Waals surface area (Å²) in [6.45, 7) is 8.76. The van der Waals surface area contributed by atoms with Crippen molar-refractivity contribution in [3.63, 3.8) is 0 Å². The third kappa shape index (κ3) is 6.32. The van der Waals surface area contributed by atoms with Crippen LogP contribution in [0.15, 0.2) is 54.7 Å². The van der Waals surface area contributed by atoms with E-state index in [9.17, 15) is 5.11 Å². The number of nitrogens with one attached hydrogen (secondary N) is 1. The molecule has 5 nitrogen and oxygen atoms in total. The molecule has 1 aliphatic heterocycles. The minimum atomic E-state index is 0.121. The first kappa shape index (κ1) is 23.7. The fourth-order valence-electron chi connectivity index (χ4n) is 4.52. The second kappa shape index (κ2) is 11.1. The molecular formula is C27H33ClN4O. The third-order valence-electron chi connectivity index (χ3n) is 6.36. The zero-order valence-corrected chi connectivity index (χ0v) is 20.2.